The van der Waals surface area contributed by atoms with Gasteiger partial charge in [0.25, 0.3) is 0 Å². The third kappa shape index (κ3) is 3.12. The van der Waals surface area contributed by atoms with E-state index < -0.39 is 0 Å². The van der Waals surface area contributed by atoms with E-state index in [1.54, 1.807) is 12.5 Å². The Hall–Kier alpha value is -1.70. The molecular formula is C18H26N7. The number of nitrogens with one attached hydrogen (secondary N) is 3. The van der Waals surface area contributed by atoms with Crippen LogP contribution in [0.15, 0.2) is 12.5 Å². The highest BCUT2D eigenvalue weighted by Gasteiger charge is 2.35. The second-order valence-corrected chi connectivity index (χ2v) is 7.73. The number of aromatic amines is 1. The van der Waals surface area contributed by atoms with E-state index in [2.05, 4.69) is 41.5 Å². The van der Waals surface area contributed by atoms with E-state index in [0.29, 0.717) is 6.04 Å². The summed E-state index contributed by atoms with van der Waals surface area (Å²) in [4.78, 5) is 17.0. The second-order valence-electron chi connectivity index (χ2n) is 7.73. The molecule has 0 aliphatic carbocycles. The van der Waals surface area contributed by atoms with Crippen LogP contribution in [0.25, 0.3) is 11.0 Å². The highest BCUT2D eigenvalue weighted by Crippen LogP contribution is 2.24. The zero-order chi connectivity index (χ0) is 16.6. The van der Waals surface area contributed by atoms with Gasteiger partial charge in [0.1, 0.15) is 17.8 Å². The van der Waals surface area contributed by atoms with Crippen molar-refractivity contribution >= 4 is 16.9 Å². The number of aromatic nitrogens is 3. The Bertz CT molecular complexity index is 711. The number of piperidine rings is 1. The number of nitrogens with zero attached hydrogens (tertiary/aromatic N) is 4. The quantitative estimate of drug-likeness (QED) is 0.738. The lowest BCUT2D eigenvalue weighted by atomic mass is 9.96. The van der Waals surface area contributed by atoms with E-state index in [-0.39, 0.29) is 0 Å². The molecule has 133 valence electrons. The van der Waals surface area contributed by atoms with Crippen LogP contribution in [0.5, 0.6) is 0 Å². The molecule has 0 aromatic carbocycles. The summed E-state index contributed by atoms with van der Waals surface area (Å²) in [5.74, 6) is 1.81. The van der Waals surface area contributed by atoms with Crippen LogP contribution in [0.3, 0.4) is 0 Å². The molecule has 5 rings (SSSR count). The fourth-order valence-electron chi connectivity index (χ4n) is 4.29. The Balaban J connectivity index is 1.10. The SMILES string of the molecule is [c]1c[nH]c2ncnc(NC3CCN(C4CN(CC5CNC5)C4)CC3)c12. The first-order valence-electron chi connectivity index (χ1n) is 9.48. The summed E-state index contributed by atoms with van der Waals surface area (Å²) < 4.78 is 0. The normalized spacial score (nSPS) is 24.3. The lowest BCUT2D eigenvalue weighted by Crippen LogP contribution is -2.63. The van der Waals surface area contributed by atoms with Crippen molar-refractivity contribution in [2.24, 2.45) is 5.92 Å². The van der Waals surface area contributed by atoms with E-state index in [9.17, 15) is 0 Å². The predicted molar refractivity (Wildman–Crippen MR) is 97.5 cm³/mol. The zero-order valence-corrected chi connectivity index (χ0v) is 14.5. The van der Waals surface area contributed by atoms with E-state index in [4.69, 9.17) is 0 Å². The molecule has 7 nitrogen and oxygen atoms in total. The summed E-state index contributed by atoms with van der Waals surface area (Å²) in [6, 6.07) is 4.46. The minimum absolute atomic E-state index is 0.495. The molecule has 0 unspecified atom stereocenters. The van der Waals surface area contributed by atoms with Gasteiger partial charge in [0.05, 0.1) is 5.39 Å². The fraction of sp³-hybridized carbons (Fsp3) is 0.667. The Labute approximate surface area is 148 Å². The average Bonchev–Trinajstić information content (AvgIpc) is 3.03. The Morgan fingerprint density at radius 1 is 1.20 bits per heavy atom. The van der Waals surface area contributed by atoms with Crippen LogP contribution in [-0.4, -0.2) is 82.6 Å². The van der Waals surface area contributed by atoms with Gasteiger partial charge in [0.15, 0.2) is 0 Å². The van der Waals surface area contributed by atoms with E-state index in [0.717, 1.165) is 28.8 Å². The van der Waals surface area contributed by atoms with Crippen LogP contribution in [0.1, 0.15) is 12.8 Å². The monoisotopic (exact) mass is 340 g/mol. The van der Waals surface area contributed by atoms with Gasteiger partial charge in [-0.05, 0) is 18.8 Å². The summed E-state index contributed by atoms with van der Waals surface area (Å²) in [5, 5.41) is 7.94. The van der Waals surface area contributed by atoms with Crippen LogP contribution >= 0.6 is 0 Å². The van der Waals surface area contributed by atoms with E-state index in [1.807, 2.05) is 0 Å². The van der Waals surface area contributed by atoms with Crippen molar-refractivity contribution in [3.63, 3.8) is 0 Å². The molecule has 2 aromatic rings. The topological polar surface area (TPSA) is 72.1 Å². The summed E-state index contributed by atoms with van der Waals surface area (Å²) in [5.41, 5.74) is 0.853. The second kappa shape index (κ2) is 6.55. The molecule has 3 aliphatic rings. The molecule has 7 heteroatoms. The zero-order valence-electron chi connectivity index (χ0n) is 14.5. The van der Waals surface area contributed by atoms with Gasteiger partial charge in [-0.15, -0.1) is 0 Å². The highest BCUT2D eigenvalue weighted by molar-refractivity contribution is 5.86. The lowest BCUT2D eigenvalue weighted by molar-refractivity contribution is 0.00829. The van der Waals surface area contributed by atoms with E-state index >= 15 is 0 Å². The van der Waals surface area contributed by atoms with Crippen LogP contribution < -0.4 is 10.6 Å². The minimum Gasteiger partial charge on any atom is -0.367 e. The standard InChI is InChI=1S/C18H26N7/c1-4-20-17-16(1)18(22-12-21-17)23-14-2-5-25(6-3-14)15-10-24(11-15)9-13-7-19-8-13/h4,12-15,19H,2-3,5-11H2,(H2,20,21,22,23). The molecule has 0 saturated carbocycles. The number of H-pyrrole nitrogens is 1. The van der Waals surface area contributed by atoms with Gasteiger partial charge in [-0.3, -0.25) is 9.80 Å². The van der Waals surface area contributed by atoms with Crippen LogP contribution in [0.4, 0.5) is 5.82 Å². The molecule has 3 fully saturated rings. The number of likely N-dealkylation sites (tertiary alicyclic amines) is 2. The van der Waals surface area contributed by atoms with Gasteiger partial charge >= 0.3 is 0 Å². The fourth-order valence-corrected chi connectivity index (χ4v) is 4.29. The van der Waals surface area contributed by atoms with Gasteiger partial charge in [-0.1, -0.05) is 0 Å². The van der Waals surface area contributed by atoms with Crippen molar-refractivity contribution in [2.45, 2.75) is 24.9 Å². The Morgan fingerprint density at radius 3 is 2.80 bits per heavy atom. The molecule has 0 bridgehead atoms. The maximum Gasteiger partial charge on any atom is 0.143 e. The van der Waals surface area contributed by atoms with Gasteiger partial charge < -0.3 is 15.6 Å². The van der Waals surface area contributed by atoms with Gasteiger partial charge in [0.2, 0.25) is 0 Å². The number of hydrogen-bond acceptors (Lipinski definition) is 6. The van der Waals surface area contributed by atoms with Crippen molar-refractivity contribution in [1.29, 1.82) is 0 Å². The molecule has 25 heavy (non-hydrogen) atoms. The van der Waals surface area contributed by atoms with Gasteiger partial charge in [0, 0.05) is 70.2 Å². The Kier molecular flexibility index (Phi) is 4.07. The van der Waals surface area contributed by atoms with Crippen molar-refractivity contribution < 1.29 is 0 Å². The summed E-state index contributed by atoms with van der Waals surface area (Å²) >= 11 is 0. The van der Waals surface area contributed by atoms with Gasteiger partial charge in [-0.25, -0.2) is 9.97 Å². The molecule has 0 atom stereocenters. The Morgan fingerprint density at radius 2 is 2.04 bits per heavy atom. The first kappa shape index (κ1) is 15.5. The molecule has 3 N–H and O–H groups in total. The van der Waals surface area contributed by atoms with Crippen molar-refractivity contribution in [2.75, 3.05) is 51.1 Å². The third-order valence-electron chi connectivity index (χ3n) is 5.98. The maximum atomic E-state index is 4.41. The molecule has 3 saturated heterocycles. The third-order valence-corrected chi connectivity index (χ3v) is 5.98. The molecular weight excluding hydrogens is 314 g/mol. The van der Waals surface area contributed by atoms with Crippen molar-refractivity contribution in [1.82, 2.24) is 30.1 Å². The average molecular weight is 340 g/mol. The smallest absolute Gasteiger partial charge is 0.143 e. The highest BCUT2D eigenvalue weighted by atomic mass is 15.3. The van der Waals surface area contributed by atoms with Crippen LogP contribution in [-0.2, 0) is 0 Å². The first-order chi connectivity index (χ1) is 12.3. The molecule has 3 aliphatic heterocycles. The van der Waals surface area contributed by atoms with Crippen LogP contribution in [0, 0.1) is 12.0 Å². The summed E-state index contributed by atoms with van der Waals surface area (Å²) in [6.07, 6.45) is 5.78. The minimum atomic E-state index is 0.495. The molecule has 2 aromatic heterocycles. The van der Waals surface area contributed by atoms with Crippen molar-refractivity contribution in [3.05, 3.63) is 18.6 Å². The van der Waals surface area contributed by atoms with Crippen molar-refractivity contribution in [3.8, 4) is 0 Å². The molecule has 5 heterocycles. The number of rotatable bonds is 5. The van der Waals surface area contributed by atoms with E-state index in [1.165, 1.54) is 58.7 Å². The van der Waals surface area contributed by atoms with Crippen LogP contribution in [0.2, 0.25) is 0 Å². The number of hydrogen-bond donors (Lipinski definition) is 3. The summed E-state index contributed by atoms with van der Waals surface area (Å²) in [6.45, 7) is 8.62. The predicted octanol–water partition coefficient (Wildman–Crippen LogP) is 0.538. The van der Waals surface area contributed by atoms with Gasteiger partial charge in [-0.2, -0.15) is 0 Å². The first-order valence-corrected chi connectivity index (χ1v) is 9.48. The largest absolute Gasteiger partial charge is 0.367 e. The number of anilines is 1. The maximum absolute atomic E-state index is 4.41. The number of fused-ring (bicyclic) bond motifs is 1. The molecule has 0 amide bonds. The lowest BCUT2D eigenvalue weighted by Gasteiger charge is -2.49. The summed E-state index contributed by atoms with van der Waals surface area (Å²) in [7, 11) is 0. The molecule has 1 radical (unpaired) electrons. The molecule has 0 spiro atoms.